The molecule has 22 heavy (non-hydrogen) atoms. The van der Waals surface area contributed by atoms with Crippen LogP contribution in [0.4, 0.5) is 5.69 Å². The number of hydrogen-bond acceptors (Lipinski definition) is 5. The van der Waals surface area contributed by atoms with Gasteiger partial charge < -0.3 is 10.6 Å². The highest BCUT2D eigenvalue weighted by Gasteiger charge is 2.11. The van der Waals surface area contributed by atoms with Crippen molar-refractivity contribution in [2.45, 2.75) is 18.7 Å². The Morgan fingerprint density at radius 2 is 2.14 bits per heavy atom. The van der Waals surface area contributed by atoms with Gasteiger partial charge in [-0.05, 0) is 24.1 Å². The average Bonchev–Trinajstić information content (AvgIpc) is 2.45. The highest BCUT2D eigenvalue weighted by atomic mass is 32.2. The normalized spacial score (nSPS) is 11.9. The fraction of sp³-hybridized carbons (Fsp3) is 0.286. The van der Waals surface area contributed by atoms with Crippen LogP contribution in [0.2, 0.25) is 0 Å². The zero-order valence-electron chi connectivity index (χ0n) is 12.2. The highest BCUT2D eigenvalue weighted by molar-refractivity contribution is 7.85. The lowest BCUT2D eigenvalue weighted by molar-refractivity contribution is -0.117. The van der Waals surface area contributed by atoms with Gasteiger partial charge in [0, 0.05) is 18.4 Å². The Hall–Kier alpha value is -2.37. The van der Waals surface area contributed by atoms with Gasteiger partial charge in [-0.2, -0.15) is 13.7 Å². The first-order chi connectivity index (χ1) is 10.2. The first-order valence-corrected chi connectivity index (χ1v) is 7.90. The van der Waals surface area contributed by atoms with E-state index in [1.165, 1.54) is 30.5 Å². The Kier molecular flexibility index (Phi) is 6.10. The summed E-state index contributed by atoms with van der Waals surface area (Å²) in [6.45, 7) is 4.29. The Labute approximate surface area is 129 Å². The van der Waals surface area contributed by atoms with Crippen molar-refractivity contribution in [1.29, 1.82) is 5.26 Å². The van der Waals surface area contributed by atoms with Gasteiger partial charge in [-0.1, -0.05) is 19.9 Å². The lowest BCUT2D eigenvalue weighted by atomic mass is 10.2. The summed E-state index contributed by atoms with van der Waals surface area (Å²) < 4.78 is 31.0. The Morgan fingerprint density at radius 1 is 1.45 bits per heavy atom. The zero-order chi connectivity index (χ0) is 16.8. The number of nitriles is 1. The van der Waals surface area contributed by atoms with Gasteiger partial charge in [-0.3, -0.25) is 9.35 Å². The average molecular weight is 323 g/mol. The van der Waals surface area contributed by atoms with E-state index in [1.807, 2.05) is 13.8 Å². The fourth-order valence-electron chi connectivity index (χ4n) is 1.44. The van der Waals surface area contributed by atoms with Crippen LogP contribution in [0.25, 0.3) is 0 Å². The van der Waals surface area contributed by atoms with Gasteiger partial charge in [-0.25, -0.2) is 0 Å². The summed E-state index contributed by atoms with van der Waals surface area (Å²) in [4.78, 5) is 11.5. The standard InChI is InChI=1S/C14H17N3O4S/c1-10(2)8-17-14(18)11(7-15)9-16-12-4-3-5-13(6-12)22(19,20)21/h3-6,9-10,16H,8H2,1-2H3,(H,17,18)(H,19,20,21)/b11-9-. The molecular formula is C14H17N3O4S. The monoisotopic (exact) mass is 323 g/mol. The van der Waals surface area contributed by atoms with Gasteiger partial charge in [0.25, 0.3) is 16.0 Å². The van der Waals surface area contributed by atoms with Gasteiger partial charge >= 0.3 is 0 Å². The third-order valence-electron chi connectivity index (χ3n) is 2.55. The molecular weight excluding hydrogens is 306 g/mol. The topological polar surface area (TPSA) is 119 Å². The molecule has 0 aliphatic carbocycles. The molecule has 0 aliphatic heterocycles. The summed E-state index contributed by atoms with van der Waals surface area (Å²) in [6.07, 6.45) is 1.18. The van der Waals surface area contributed by atoms with Crippen molar-refractivity contribution in [3.05, 3.63) is 36.0 Å². The maximum Gasteiger partial charge on any atom is 0.294 e. The van der Waals surface area contributed by atoms with Crippen LogP contribution in [0.1, 0.15) is 13.8 Å². The summed E-state index contributed by atoms with van der Waals surface area (Å²) in [5, 5.41) is 14.2. The van der Waals surface area contributed by atoms with Gasteiger partial charge in [-0.15, -0.1) is 0 Å². The molecule has 1 aromatic rings. The molecule has 0 aliphatic rings. The summed E-state index contributed by atoms with van der Waals surface area (Å²) in [5.74, 6) is -0.266. The molecule has 0 atom stereocenters. The van der Waals surface area contributed by atoms with Crippen molar-refractivity contribution < 1.29 is 17.8 Å². The SMILES string of the molecule is CC(C)CNC(=O)/C(C#N)=C\Nc1cccc(S(=O)(=O)O)c1. The van der Waals surface area contributed by atoms with Crippen LogP contribution in [-0.4, -0.2) is 25.4 Å². The van der Waals surface area contributed by atoms with E-state index in [0.29, 0.717) is 12.2 Å². The molecule has 0 unspecified atom stereocenters. The summed E-state index contributed by atoms with van der Waals surface area (Å²) in [7, 11) is -4.31. The second-order valence-corrected chi connectivity index (χ2v) is 6.34. The molecule has 0 saturated carbocycles. The molecule has 118 valence electrons. The number of nitrogens with one attached hydrogen (secondary N) is 2. The second-order valence-electron chi connectivity index (χ2n) is 4.92. The zero-order valence-corrected chi connectivity index (χ0v) is 13.0. The van der Waals surface area contributed by atoms with E-state index in [2.05, 4.69) is 10.6 Å². The Morgan fingerprint density at radius 3 is 2.68 bits per heavy atom. The van der Waals surface area contributed by atoms with E-state index >= 15 is 0 Å². The van der Waals surface area contributed by atoms with Crippen LogP contribution < -0.4 is 10.6 Å². The molecule has 7 nitrogen and oxygen atoms in total. The van der Waals surface area contributed by atoms with Crippen LogP contribution >= 0.6 is 0 Å². The summed E-state index contributed by atoms with van der Waals surface area (Å²) in [6, 6.07) is 7.13. The molecule has 1 amide bonds. The number of rotatable bonds is 6. The summed E-state index contributed by atoms with van der Waals surface area (Å²) >= 11 is 0. The van der Waals surface area contributed by atoms with Crippen LogP contribution in [0.15, 0.2) is 40.9 Å². The van der Waals surface area contributed by atoms with Gasteiger partial charge in [0.1, 0.15) is 11.6 Å². The minimum Gasteiger partial charge on any atom is -0.360 e. The van der Waals surface area contributed by atoms with Crippen molar-refractivity contribution in [2.75, 3.05) is 11.9 Å². The molecule has 0 spiro atoms. The molecule has 8 heteroatoms. The van der Waals surface area contributed by atoms with E-state index in [4.69, 9.17) is 9.81 Å². The fourth-order valence-corrected chi connectivity index (χ4v) is 1.97. The smallest absolute Gasteiger partial charge is 0.294 e. The van der Waals surface area contributed by atoms with Crippen molar-refractivity contribution in [3.63, 3.8) is 0 Å². The number of hydrogen-bond donors (Lipinski definition) is 3. The number of benzene rings is 1. The van der Waals surface area contributed by atoms with E-state index < -0.39 is 16.0 Å². The number of carbonyl (C=O) groups is 1. The summed E-state index contributed by atoms with van der Waals surface area (Å²) in [5.41, 5.74) is 0.178. The molecule has 3 N–H and O–H groups in total. The quantitative estimate of drug-likeness (QED) is 0.415. The van der Waals surface area contributed by atoms with E-state index in [-0.39, 0.29) is 16.4 Å². The van der Waals surface area contributed by atoms with Gasteiger partial charge in [0.2, 0.25) is 0 Å². The lowest BCUT2D eigenvalue weighted by Crippen LogP contribution is -2.28. The third-order valence-corrected chi connectivity index (χ3v) is 3.40. The highest BCUT2D eigenvalue weighted by Crippen LogP contribution is 2.15. The predicted molar refractivity (Wildman–Crippen MR) is 81.4 cm³/mol. The maximum atomic E-state index is 11.7. The Bertz CT molecular complexity index is 718. The molecule has 0 saturated heterocycles. The number of anilines is 1. The second kappa shape index (κ2) is 7.59. The molecule has 0 heterocycles. The molecule has 0 aromatic heterocycles. The number of amides is 1. The maximum absolute atomic E-state index is 11.7. The van der Waals surface area contributed by atoms with Crippen LogP contribution in [0, 0.1) is 17.2 Å². The number of carbonyl (C=O) groups excluding carboxylic acids is 1. The minimum absolute atomic E-state index is 0.141. The van der Waals surface area contributed by atoms with E-state index in [9.17, 15) is 13.2 Å². The van der Waals surface area contributed by atoms with Crippen LogP contribution in [-0.2, 0) is 14.9 Å². The molecule has 1 aromatic carbocycles. The van der Waals surface area contributed by atoms with Gasteiger partial charge in [0.15, 0.2) is 0 Å². The van der Waals surface area contributed by atoms with Crippen LogP contribution in [0.3, 0.4) is 0 Å². The van der Waals surface area contributed by atoms with Crippen molar-refractivity contribution >= 4 is 21.7 Å². The van der Waals surface area contributed by atoms with E-state index in [0.717, 1.165) is 0 Å². The van der Waals surface area contributed by atoms with E-state index in [1.54, 1.807) is 6.07 Å². The van der Waals surface area contributed by atoms with Crippen molar-refractivity contribution in [2.24, 2.45) is 5.92 Å². The van der Waals surface area contributed by atoms with Crippen LogP contribution in [0.5, 0.6) is 0 Å². The lowest BCUT2D eigenvalue weighted by Gasteiger charge is -2.07. The first kappa shape index (κ1) is 17.7. The Balaban J connectivity index is 2.85. The molecule has 1 rings (SSSR count). The first-order valence-electron chi connectivity index (χ1n) is 6.46. The molecule has 0 radical (unpaired) electrons. The largest absolute Gasteiger partial charge is 0.360 e. The minimum atomic E-state index is -4.31. The van der Waals surface area contributed by atoms with Crippen molar-refractivity contribution in [1.82, 2.24) is 5.32 Å². The molecule has 0 bridgehead atoms. The third kappa shape index (κ3) is 5.55. The van der Waals surface area contributed by atoms with Gasteiger partial charge in [0.05, 0.1) is 4.90 Å². The predicted octanol–water partition coefficient (Wildman–Crippen LogP) is 1.52. The number of nitrogens with zero attached hydrogens (tertiary/aromatic N) is 1. The van der Waals surface area contributed by atoms with Crippen molar-refractivity contribution in [3.8, 4) is 6.07 Å². The molecule has 0 fully saturated rings.